The zero-order chi connectivity index (χ0) is 50.8. The van der Waals surface area contributed by atoms with Crippen LogP contribution in [0.5, 0.6) is 0 Å². The molecule has 4 aromatic heterocycles. The van der Waals surface area contributed by atoms with Crippen molar-refractivity contribution in [1.82, 2.24) is 40.0 Å². The molecule has 0 saturated carbocycles. The average molecular weight is 1000 g/mol. The van der Waals surface area contributed by atoms with Gasteiger partial charge < -0.3 is 44.3 Å². The number of nitrogens with zero attached hydrogens (tertiary/aromatic N) is 8. The predicted molar refractivity (Wildman–Crippen MR) is 258 cm³/mol. The van der Waals surface area contributed by atoms with Crippen LogP contribution in [0.15, 0.2) is 94.2 Å². The van der Waals surface area contributed by atoms with Crippen LogP contribution in [0.2, 0.25) is 0 Å². The molecule has 2 saturated heterocycles. The van der Waals surface area contributed by atoms with Crippen LogP contribution in [-0.4, -0.2) is 118 Å². The first-order valence-corrected chi connectivity index (χ1v) is 22.7. The number of carbonyl (C=O) groups is 2. The quantitative estimate of drug-likeness (QED) is 0.0567. The maximum Gasteiger partial charge on any atom is 0.416 e. The van der Waals surface area contributed by atoms with Gasteiger partial charge in [-0.2, -0.15) is 26.3 Å². The highest BCUT2D eigenvalue weighted by atomic mass is 35.5. The second-order valence-corrected chi connectivity index (χ2v) is 17.7. The SMILES string of the molecule is CN1CCN(c2cc(-c3nc4ccc(N)cc4[nH]3)cc(C(F)(F)F)c2)CC1.Cc1oncc1C(=O)Cc1ccc2nc(-c3cc(N4CCN(C)CC4)cc(C(F)(F)F)c3)[nH]c2c1.Cc1oncc1C(=O)Cl. The second kappa shape index (κ2) is 20.6. The Morgan fingerprint density at radius 2 is 1.08 bits per heavy atom. The van der Waals surface area contributed by atoms with Crippen molar-refractivity contribution in [2.75, 3.05) is 82.0 Å². The standard InChI is InChI=1S/C25H24F3N5O2.C19H20F3N5.C5H4ClNO2/c1-15-20(14-29-35-15)23(34)10-16-3-4-21-22(9-16)31-24(30-21)17-11-18(25(26,27)28)13-19(12-17)33-7-5-32(2)6-8-33;1-26-4-6-27(7-5-26)15-9-12(8-13(10-15)19(20,21)22)18-24-16-3-2-14(23)11-17(16)25-18;1-3-4(5(6)8)2-7-9-3/h3-4,9,11-14H,5-8,10H2,1-2H3,(H,30,31);2-3,8-11H,4-7,23H2,1H3,(H,24,25);2H,1H3. The fraction of sp³-hybridized carbons (Fsp3) is 0.306. The second-order valence-electron chi connectivity index (χ2n) is 17.4. The lowest BCUT2D eigenvalue weighted by Gasteiger charge is -2.34. The Kier molecular flexibility index (Phi) is 14.6. The van der Waals surface area contributed by atoms with Crippen molar-refractivity contribution in [2.24, 2.45) is 0 Å². The lowest BCUT2D eigenvalue weighted by Crippen LogP contribution is -2.44. The number of aryl methyl sites for hydroxylation is 2. The number of nitrogens with one attached hydrogen (secondary N) is 2. The number of alkyl halides is 6. The summed E-state index contributed by atoms with van der Waals surface area (Å²) in [6.45, 7) is 9.19. The molecule has 6 heterocycles. The molecule has 2 fully saturated rings. The third kappa shape index (κ3) is 12.0. The molecule has 2 aliphatic rings. The summed E-state index contributed by atoms with van der Waals surface area (Å²) in [7, 11) is 4.01. The highest BCUT2D eigenvalue weighted by Crippen LogP contribution is 2.38. The van der Waals surface area contributed by atoms with Gasteiger partial charge in [-0.1, -0.05) is 16.4 Å². The predicted octanol–water partition coefficient (Wildman–Crippen LogP) is 9.67. The van der Waals surface area contributed by atoms with Gasteiger partial charge in [-0.25, -0.2) is 9.97 Å². The first-order valence-electron chi connectivity index (χ1n) is 22.3. The van der Waals surface area contributed by atoms with Gasteiger partial charge in [-0.05, 0) is 112 Å². The van der Waals surface area contributed by atoms with Crippen LogP contribution in [-0.2, 0) is 18.8 Å². The van der Waals surface area contributed by atoms with E-state index in [-0.39, 0.29) is 12.2 Å². The third-order valence-electron chi connectivity index (χ3n) is 12.2. The molecule has 2 aliphatic heterocycles. The van der Waals surface area contributed by atoms with Gasteiger partial charge in [0.2, 0.25) is 0 Å². The lowest BCUT2D eigenvalue weighted by atomic mass is 10.0. The molecule has 0 bridgehead atoms. The van der Waals surface area contributed by atoms with Gasteiger partial charge >= 0.3 is 12.4 Å². The molecule has 0 aliphatic carbocycles. The molecule has 0 radical (unpaired) electrons. The number of fused-ring (bicyclic) bond motifs is 2. The number of aromatic nitrogens is 6. The van der Waals surface area contributed by atoms with E-state index in [4.69, 9.17) is 21.9 Å². The summed E-state index contributed by atoms with van der Waals surface area (Å²) < 4.78 is 91.1. The molecular weight excluding hydrogens is 956 g/mol. The van der Waals surface area contributed by atoms with E-state index < -0.39 is 28.7 Å². The Labute approximate surface area is 407 Å². The normalized spacial score (nSPS) is 14.9. The Bertz CT molecular complexity index is 3180. The number of hydrogen-bond acceptors (Lipinski definition) is 13. The van der Waals surface area contributed by atoms with E-state index in [0.717, 1.165) is 43.9 Å². The first kappa shape index (κ1) is 50.2. The van der Waals surface area contributed by atoms with E-state index in [0.29, 0.717) is 111 Å². The Morgan fingerprint density at radius 3 is 1.51 bits per heavy atom. The molecule has 4 aromatic carbocycles. The van der Waals surface area contributed by atoms with Crippen molar-refractivity contribution in [2.45, 2.75) is 32.6 Å². The van der Waals surface area contributed by atoms with Crippen molar-refractivity contribution in [3.8, 4) is 22.8 Å². The fourth-order valence-electron chi connectivity index (χ4n) is 8.12. The molecule has 372 valence electrons. The highest BCUT2D eigenvalue weighted by molar-refractivity contribution is 6.67. The monoisotopic (exact) mass is 1000 g/mol. The molecule has 0 amide bonds. The molecular formula is C49H48ClF6N11O4. The summed E-state index contributed by atoms with van der Waals surface area (Å²) in [6, 6.07) is 18.7. The number of carbonyl (C=O) groups excluding carboxylic acids is 2. The summed E-state index contributed by atoms with van der Waals surface area (Å²) >= 11 is 5.11. The molecule has 8 aromatic rings. The van der Waals surface area contributed by atoms with Gasteiger partial charge in [0.05, 0.1) is 56.7 Å². The van der Waals surface area contributed by atoms with E-state index in [1.807, 2.05) is 23.9 Å². The molecule has 10 rings (SSSR count). The zero-order valence-electron chi connectivity index (χ0n) is 38.9. The minimum Gasteiger partial charge on any atom is -0.399 e. The van der Waals surface area contributed by atoms with Crippen molar-refractivity contribution >= 4 is 61.8 Å². The number of nitrogen functional groups attached to an aromatic ring is 1. The van der Waals surface area contributed by atoms with E-state index >= 15 is 0 Å². The van der Waals surface area contributed by atoms with Gasteiger partial charge in [-0.3, -0.25) is 9.59 Å². The number of piperazine rings is 2. The molecule has 0 spiro atoms. The summed E-state index contributed by atoms with van der Waals surface area (Å²) in [5, 5.41) is 6.47. The largest absolute Gasteiger partial charge is 0.416 e. The molecule has 15 nitrogen and oxygen atoms in total. The van der Waals surface area contributed by atoms with Gasteiger partial charge in [0, 0.05) is 87.0 Å². The summed E-state index contributed by atoms with van der Waals surface area (Å²) in [6.07, 6.45) is -6.06. The lowest BCUT2D eigenvalue weighted by molar-refractivity contribution is -0.138. The Balaban J connectivity index is 0.000000166. The van der Waals surface area contributed by atoms with Crippen molar-refractivity contribution in [1.29, 1.82) is 0 Å². The topological polar surface area (TPSA) is 183 Å². The molecule has 0 unspecified atom stereocenters. The number of nitrogens with two attached hydrogens (primary N) is 1. The van der Waals surface area contributed by atoms with Crippen LogP contribution in [0.25, 0.3) is 44.8 Å². The molecule has 0 atom stereocenters. The van der Waals surface area contributed by atoms with Crippen molar-refractivity contribution < 1.29 is 45.0 Å². The van der Waals surface area contributed by atoms with Crippen LogP contribution in [0.1, 0.15) is 48.9 Å². The number of imidazole rings is 2. The number of rotatable bonds is 8. The number of likely N-dealkylation sites (N-methyl/N-ethyl adjacent to an activating group) is 2. The molecule has 4 N–H and O–H groups in total. The van der Waals surface area contributed by atoms with E-state index in [1.165, 1.54) is 24.5 Å². The summed E-state index contributed by atoms with van der Waals surface area (Å²) in [4.78, 5) is 46.4. The number of hydrogen-bond donors (Lipinski definition) is 3. The number of H-pyrrole nitrogens is 2. The number of ketones is 1. The minimum absolute atomic E-state index is 0.127. The smallest absolute Gasteiger partial charge is 0.399 e. The number of halogens is 7. The molecule has 71 heavy (non-hydrogen) atoms. The summed E-state index contributed by atoms with van der Waals surface area (Å²) in [5.74, 6) is 1.53. The van der Waals surface area contributed by atoms with E-state index in [9.17, 15) is 35.9 Å². The van der Waals surface area contributed by atoms with Crippen LogP contribution < -0.4 is 15.5 Å². The van der Waals surface area contributed by atoms with Gasteiger partial charge in [0.1, 0.15) is 23.2 Å². The number of aromatic amines is 2. The number of Topliss-reactive ketones (excluding diaryl/α,β-unsaturated/α-hetero) is 1. The van der Waals surface area contributed by atoms with Crippen LogP contribution in [0.3, 0.4) is 0 Å². The van der Waals surface area contributed by atoms with Crippen molar-refractivity contribution in [3.63, 3.8) is 0 Å². The summed E-state index contributed by atoms with van der Waals surface area (Å²) in [5.41, 5.74) is 11.0. The first-order chi connectivity index (χ1) is 33.7. The van der Waals surface area contributed by atoms with E-state index in [1.54, 1.807) is 62.4 Å². The van der Waals surface area contributed by atoms with E-state index in [2.05, 4.69) is 44.6 Å². The molecule has 22 heteroatoms. The van der Waals surface area contributed by atoms with Gasteiger partial charge in [0.15, 0.2) is 5.78 Å². The van der Waals surface area contributed by atoms with Crippen LogP contribution >= 0.6 is 11.6 Å². The maximum absolute atomic E-state index is 13.7. The van der Waals surface area contributed by atoms with Crippen LogP contribution in [0.4, 0.5) is 43.4 Å². The van der Waals surface area contributed by atoms with Crippen molar-refractivity contribution in [3.05, 3.63) is 125 Å². The minimum atomic E-state index is -4.48. The van der Waals surface area contributed by atoms with Gasteiger partial charge in [0.25, 0.3) is 5.24 Å². The van der Waals surface area contributed by atoms with Gasteiger partial charge in [-0.15, -0.1) is 0 Å². The zero-order valence-corrected chi connectivity index (χ0v) is 39.6. The average Bonchev–Trinajstić information content (AvgIpc) is 4.16. The Hall–Kier alpha value is -7.23. The maximum atomic E-state index is 13.7. The highest BCUT2D eigenvalue weighted by Gasteiger charge is 2.34. The Morgan fingerprint density at radius 1 is 0.634 bits per heavy atom. The van der Waals surface area contributed by atoms with Crippen LogP contribution in [0, 0.1) is 13.8 Å². The third-order valence-corrected chi connectivity index (χ3v) is 12.4. The number of benzene rings is 4. The fourth-order valence-corrected chi connectivity index (χ4v) is 8.30. The number of anilines is 3.